The average molecular weight is 356 g/mol. The number of amides is 1. The Morgan fingerprint density at radius 3 is 2.81 bits per heavy atom. The number of rotatable bonds is 6. The number of hydrogen-bond donors (Lipinski definition) is 1. The van der Waals surface area contributed by atoms with Gasteiger partial charge in [-0.3, -0.25) is 19.7 Å². The topological polar surface area (TPSA) is 106 Å². The first kappa shape index (κ1) is 17.9. The van der Waals surface area contributed by atoms with Crippen LogP contribution in [-0.2, 0) is 16.0 Å². The van der Waals surface area contributed by atoms with Crippen LogP contribution in [0.1, 0.15) is 22.5 Å². The quantitative estimate of drug-likeness (QED) is 0.831. The molecule has 1 aliphatic heterocycles. The zero-order valence-electron chi connectivity index (χ0n) is 14.5. The molecule has 1 atom stereocenters. The van der Waals surface area contributed by atoms with Gasteiger partial charge in [0.25, 0.3) is 0 Å². The Kier molecular flexibility index (Phi) is 5.52. The van der Waals surface area contributed by atoms with E-state index in [1.165, 1.54) is 19.4 Å². The molecular weight excluding hydrogens is 336 g/mol. The fraction of sp³-hybridized carbons (Fsp3) is 0.389. The summed E-state index contributed by atoms with van der Waals surface area (Å²) >= 11 is 0. The van der Waals surface area contributed by atoms with Crippen LogP contribution >= 0.6 is 0 Å². The second-order valence-corrected chi connectivity index (χ2v) is 6.29. The molecule has 3 heterocycles. The van der Waals surface area contributed by atoms with Crippen LogP contribution in [0.3, 0.4) is 0 Å². The number of pyridine rings is 1. The molecule has 0 radical (unpaired) electrons. The molecule has 26 heavy (non-hydrogen) atoms. The zero-order chi connectivity index (χ0) is 18.5. The highest BCUT2D eigenvalue weighted by molar-refractivity contribution is 5.88. The molecule has 1 N–H and O–H groups in total. The third kappa shape index (κ3) is 4.20. The summed E-state index contributed by atoms with van der Waals surface area (Å²) in [6, 6.07) is 1.52. The zero-order valence-corrected chi connectivity index (χ0v) is 14.5. The Hall–Kier alpha value is -2.87. The van der Waals surface area contributed by atoms with E-state index in [4.69, 9.17) is 9.84 Å². The monoisotopic (exact) mass is 356 g/mol. The van der Waals surface area contributed by atoms with E-state index >= 15 is 0 Å². The Morgan fingerprint density at radius 2 is 2.12 bits per heavy atom. The lowest BCUT2D eigenvalue weighted by Crippen LogP contribution is -2.31. The van der Waals surface area contributed by atoms with Gasteiger partial charge >= 0.3 is 5.97 Å². The van der Waals surface area contributed by atoms with Crippen LogP contribution in [0.15, 0.2) is 30.9 Å². The van der Waals surface area contributed by atoms with Crippen molar-refractivity contribution in [1.82, 2.24) is 19.9 Å². The summed E-state index contributed by atoms with van der Waals surface area (Å²) in [4.78, 5) is 37.4. The highest BCUT2D eigenvalue weighted by Gasteiger charge is 2.26. The van der Waals surface area contributed by atoms with Gasteiger partial charge in [-0.05, 0) is 24.8 Å². The molecular formula is C18H20N4O4. The summed E-state index contributed by atoms with van der Waals surface area (Å²) in [6.07, 6.45) is 7.86. The largest absolute Gasteiger partial charge is 0.478 e. The maximum Gasteiger partial charge on any atom is 0.337 e. The number of aromatic nitrogens is 3. The van der Waals surface area contributed by atoms with Crippen molar-refractivity contribution in [3.05, 3.63) is 42.1 Å². The molecule has 2 aromatic heterocycles. The molecule has 3 rings (SSSR count). The smallest absolute Gasteiger partial charge is 0.337 e. The van der Waals surface area contributed by atoms with Crippen molar-refractivity contribution in [2.24, 2.45) is 5.92 Å². The molecule has 1 unspecified atom stereocenters. The first-order valence-electron chi connectivity index (χ1n) is 8.33. The normalized spacial score (nSPS) is 16.7. The van der Waals surface area contributed by atoms with Crippen molar-refractivity contribution >= 4 is 11.9 Å². The molecule has 0 aromatic carbocycles. The van der Waals surface area contributed by atoms with Gasteiger partial charge in [0.1, 0.15) is 6.61 Å². The van der Waals surface area contributed by atoms with E-state index in [1.807, 2.05) is 4.90 Å². The second kappa shape index (κ2) is 8.01. The number of nitrogens with zero attached hydrogens (tertiary/aromatic N) is 4. The number of carbonyl (C=O) groups is 2. The minimum atomic E-state index is -1.03. The lowest BCUT2D eigenvalue weighted by Gasteiger charge is -2.15. The van der Waals surface area contributed by atoms with Crippen LogP contribution in [0.25, 0.3) is 11.3 Å². The fourth-order valence-electron chi connectivity index (χ4n) is 3.04. The van der Waals surface area contributed by atoms with E-state index in [9.17, 15) is 9.59 Å². The molecule has 1 amide bonds. The van der Waals surface area contributed by atoms with Gasteiger partial charge in [0, 0.05) is 44.4 Å². The highest BCUT2D eigenvalue weighted by atomic mass is 16.5. The average Bonchev–Trinajstić information content (AvgIpc) is 3.11. The first-order chi connectivity index (χ1) is 12.6. The molecule has 0 spiro atoms. The lowest BCUT2D eigenvalue weighted by molar-refractivity contribution is -0.134. The molecule has 1 fully saturated rings. The Bertz CT molecular complexity index is 794. The number of hydrogen-bond acceptors (Lipinski definition) is 6. The van der Waals surface area contributed by atoms with Crippen LogP contribution in [0, 0.1) is 5.92 Å². The number of methoxy groups -OCH3 is 1. The van der Waals surface area contributed by atoms with Crippen molar-refractivity contribution in [2.75, 3.05) is 26.8 Å². The van der Waals surface area contributed by atoms with Gasteiger partial charge in [-0.1, -0.05) is 0 Å². The second-order valence-electron chi connectivity index (χ2n) is 6.29. The Balaban J connectivity index is 1.63. The molecule has 8 nitrogen and oxygen atoms in total. The summed E-state index contributed by atoms with van der Waals surface area (Å²) in [5.41, 5.74) is 2.15. The standard InChI is InChI=1S/C18H20N4O4/c1-26-11-17(23)22-3-2-12(10-22)4-15-8-21-16(9-20-15)13-5-14(18(24)25)7-19-6-13/h5-9,12H,2-4,10-11H2,1H3,(H,24,25). The Labute approximate surface area is 150 Å². The number of likely N-dealkylation sites (tertiary alicyclic amines) is 1. The number of carbonyl (C=O) groups excluding carboxylic acids is 1. The van der Waals surface area contributed by atoms with Crippen LogP contribution < -0.4 is 0 Å². The van der Waals surface area contributed by atoms with Crippen LogP contribution in [0.5, 0.6) is 0 Å². The van der Waals surface area contributed by atoms with E-state index in [2.05, 4.69) is 15.0 Å². The van der Waals surface area contributed by atoms with Crippen molar-refractivity contribution in [1.29, 1.82) is 0 Å². The van der Waals surface area contributed by atoms with Crippen molar-refractivity contribution in [3.63, 3.8) is 0 Å². The van der Waals surface area contributed by atoms with E-state index < -0.39 is 5.97 Å². The predicted molar refractivity (Wildman–Crippen MR) is 92.5 cm³/mol. The third-order valence-corrected chi connectivity index (χ3v) is 4.39. The number of aromatic carboxylic acids is 1. The van der Waals surface area contributed by atoms with Gasteiger partial charge in [-0.25, -0.2) is 4.79 Å². The van der Waals surface area contributed by atoms with Crippen LogP contribution in [-0.4, -0.2) is 63.6 Å². The highest BCUT2D eigenvalue weighted by Crippen LogP contribution is 2.21. The van der Waals surface area contributed by atoms with E-state index in [0.717, 1.165) is 25.1 Å². The predicted octanol–water partition coefficient (Wildman–Crippen LogP) is 1.27. The van der Waals surface area contributed by atoms with E-state index in [-0.39, 0.29) is 18.1 Å². The van der Waals surface area contributed by atoms with Gasteiger partial charge in [0.05, 0.1) is 23.1 Å². The summed E-state index contributed by atoms with van der Waals surface area (Å²) in [7, 11) is 1.52. The molecule has 8 heteroatoms. The van der Waals surface area contributed by atoms with Gasteiger partial charge < -0.3 is 14.7 Å². The van der Waals surface area contributed by atoms with Gasteiger partial charge in [0.2, 0.25) is 5.91 Å². The SMILES string of the molecule is COCC(=O)N1CCC(Cc2cnc(-c3cncc(C(=O)O)c3)cn2)C1. The van der Waals surface area contributed by atoms with Crippen molar-refractivity contribution in [3.8, 4) is 11.3 Å². The summed E-state index contributed by atoms with van der Waals surface area (Å²) in [5, 5.41) is 9.04. The first-order valence-corrected chi connectivity index (χ1v) is 8.33. The summed E-state index contributed by atoms with van der Waals surface area (Å²) in [6.45, 7) is 1.56. The van der Waals surface area contributed by atoms with E-state index in [0.29, 0.717) is 23.7 Å². The minimum absolute atomic E-state index is 0.0160. The third-order valence-electron chi connectivity index (χ3n) is 4.39. The van der Waals surface area contributed by atoms with Gasteiger partial charge in [0.15, 0.2) is 0 Å². The van der Waals surface area contributed by atoms with Crippen molar-refractivity contribution < 1.29 is 19.4 Å². The molecule has 0 saturated carbocycles. The maximum atomic E-state index is 11.8. The number of ether oxygens (including phenoxy) is 1. The molecule has 1 saturated heterocycles. The summed E-state index contributed by atoms with van der Waals surface area (Å²) < 4.78 is 4.89. The molecule has 2 aromatic rings. The summed E-state index contributed by atoms with van der Waals surface area (Å²) in [5.74, 6) is -0.659. The number of carboxylic acids is 1. The van der Waals surface area contributed by atoms with Crippen LogP contribution in [0.2, 0.25) is 0 Å². The maximum absolute atomic E-state index is 11.8. The fourth-order valence-corrected chi connectivity index (χ4v) is 3.04. The molecule has 1 aliphatic rings. The Morgan fingerprint density at radius 1 is 1.27 bits per heavy atom. The van der Waals surface area contributed by atoms with Gasteiger partial charge in [-0.15, -0.1) is 0 Å². The minimum Gasteiger partial charge on any atom is -0.478 e. The lowest BCUT2D eigenvalue weighted by atomic mass is 10.0. The number of carboxylic acid groups (broad SMARTS) is 1. The molecule has 136 valence electrons. The van der Waals surface area contributed by atoms with Crippen molar-refractivity contribution in [2.45, 2.75) is 12.8 Å². The van der Waals surface area contributed by atoms with Crippen LogP contribution in [0.4, 0.5) is 0 Å². The van der Waals surface area contributed by atoms with Gasteiger partial charge in [-0.2, -0.15) is 0 Å². The molecule has 0 bridgehead atoms. The van der Waals surface area contributed by atoms with E-state index in [1.54, 1.807) is 18.6 Å². The molecule has 0 aliphatic carbocycles.